The Morgan fingerprint density at radius 2 is 1.77 bits per heavy atom. The number of carbonyl (C=O) groups is 1. The quantitative estimate of drug-likeness (QED) is 0.565. The monoisotopic (exact) mass is 491 g/mol. The van der Waals surface area contributed by atoms with Crippen LogP contribution < -0.4 is 5.32 Å². The topological polar surface area (TPSA) is 58.6 Å². The minimum absolute atomic E-state index is 0.0338. The molecule has 2 aromatic carbocycles. The predicted molar refractivity (Wildman–Crippen MR) is 108 cm³/mol. The average Bonchev–Trinajstić information content (AvgIpc) is 2.54. The molecule has 0 heterocycles. The fourth-order valence-electron chi connectivity index (χ4n) is 2.34. The molecule has 0 aromatic heterocycles. The van der Waals surface area contributed by atoms with E-state index in [1.165, 1.54) is 12.1 Å². The van der Waals surface area contributed by atoms with Crippen LogP contribution in [-0.2, 0) is 4.74 Å². The fraction of sp³-hybridized carbons (Fsp3) is 0.316. The highest BCUT2D eigenvalue weighted by Gasteiger charge is 2.27. The van der Waals surface area contributed by atoms with Crippen molar-refractivity contribution in [2.24, 2.45) is 0 Å². The number of hydrogen-bond donors (Lipinski definition) is 2. The van der Waals surface area contributed by atoms with Crippen molar-refractivity contribution in [1.29, 1.82) is 0 Å². The lowest BCUT2D eigenvalue weighted by Crippen LogP contribution is -2.37. The van der Waals surface area contributed by atoms with E-state index < -0.39 is 29.7 Å². The molecule has 0 radical (unpaired) electrons. The van der Waals surface area contributed by atoms with Gasteiger partial charge < -0.3 is 15.2 Å². The summed E-state index contributed by atoms with van der Waals surface area (Å²) in [6.07, 6.45) is -1.80. The number of ether oxygens (including phenoxy) is 1. The standard InChI is InChI=1S/C19H20ClFINO3/c1-19(2,3)26-18(25)23-16(12-6-9-14(20)15(21)10-12)17(24)11-4-7-13(22)8-5-11/h4-10,16-17,24H,1-3H3,(H,23,25). The van der Waals surface area contributed by atoms with Crippen LogP contribution in [0.3, 0.4) is 0 Å². The first-order valence-corrected chi connectivity index (χ1v) is 9.40. The van der Waals surface area contributed by atoms with Gasteiger partial charge in [-0.25, -0.2) is 9.18 Å². The number of carbonyl (C=O) groups excluding carboxylic acids is 1. The van der Waals surface area contributed by atoms with E-state index in [0.29, 0.717) is 11.1 Å². The van der Waals surface area contributed by atoms with Crippen molar-refractivity contribution in [3.05, 3.63) is 68.0 Å². The van der Waals surface area contributed by atoms with E-state index in [4.69, 9.17) is 16.3 Å². The van der Waals surface area contributed by atoms with Crippen LogP contribution in [0.5, 0.6) is 0 Å². The summed E-state index contributed by atoms with van der Waals surface area (Å²) in [5, 5.41) is 13.4. The molecule has 0 aliphatic carbocycles. The first-order valence-electron chi connectivity index (χ1n) is 7.95. The SMILES string of the molecule is CC(C)(C)OC(=O)NC(c1ccc(Cl)c(F)c1)C(O)c1ccc(I)cc1. The second kappa shape index (κ2) is 8.54. The van der Waals surface area contributed by atoms with Crippen molar-refractivity contribution in [3.8, 4) is 0 Å². The van der Waals surface area contributed by atoms with E-state index in [1.54, 1.807) is 39.0 Å². The molecule has 0 spiro atoms. The maximum Gasteiger partial charge on any atom is 0.408 e. The Hall–Kier alpha value is -1.38. The van der Waals surface area contributed by atoms with Gasteiger partial charge in [-0.15, -0.1) is 0 Å². The summed E-state index contributed by atoms with van der Waals surface area (Å²) in [7, 11) is 0. The molecule has 0 saturated carbocycles. The molecule has 7 heteroatoms. The molecule has 0 bridgehead atoms. The van der Waals surface area contributed by atoms with Crippen molar-refractivity contribution >= 4 is 40.3 Å². The molecule has 2 unspecified atom stereocenters. The van der Waals surface area contributed by atoms with Crippen LogP contribution in [0.25, 0.3) is 0 Å². The molecule has 26 heavy (non-hydrogen) atoms. The van der Waals surface area contributed by atoms with Crippen LogP contribution >= 0.6 is 34.2 Å². The number of aliphatic hydroxyl groups is 1. The summed E-state index contributed by atoms with van der Waals surface area (Å²) in [5.41, 5.74) is 0.263. The highest BCUT2D eigenvalue weighted by atomic mass is 127. The van der Waals surface area contributed by atoms with E-state index in [1.807, 2.05) is 12.1 Å². The van der Waals surface area contributed by atoms with Gasteiger partial charge in [-0.3, -0.25) is 0 Å². The third kappa shape index (κ3) is 5.82. The van der Waals surface area contributed by atoms with Gasteiger partial charge in [0.05, 0.1) is 11.1 Å². The highest BCUT2D eigenvalue weighted by Crippen LogP contribution is 2.31. The van der Waals surface area contributed by atoms with Crippen LogP contribution in [0.2, 0.25) is 5.02 Å². The molecule has 4 nitrogen and oxygen atoms in total. The van der Waals surface area contributed by atoms with Gasteiger partial charge >= 0.3 is 6.09 Å². The predicted octanol–water partition coefficient (Wildman–Crippen LogP) is 5.38. The number of hydrogen-bond acceptors (Lipinski definition) is 3. The zero-order valence-electron chi connectivity index (χ0n) is 14.6. The number of aliphatic hydroxyl groups excluding tert-OH is 1. The molecule has 2 rings (SSSR count). The highest BCUT2D eigenvalue weighted by molar-refractivity contribution is 14.1. The van der Waals surface area contributed by atoms with Crippen molar-refractivity contribution in [2.75, 3.05) is 0 Å². The van der Waals surface area contributed by atoms with Crippen molar-refractivity contribution in [3.63, 3.8) is 0 Å². The average molecular weight is 492 g/mol. The molecule has 0 fully saturated rings. The Morgan fingerprint density at radius 3 is 2.31 bits per heavy atom. The third-order valence-corrected chi connectivity index (χ3v) is 4.53. The first kappa shape index (κ1) is 20.9. The number of rotatable bonds is 4. The Balaban J connectivity index is 2.35. The molecule has 0 saturated heterocycles. The Morgan fingerprint density at radius 1 is 1.19 bits per heavy atom. The minimum Gasteiger partial charge on any atom is -0.444 e. The van der Waals surface area contributed by atoms with Crippen LogP contribution in [-0.4, -0.2) is 16.8 Å². The van der Waals surface area contributed by atoms with Gasteiger partial charge in [-0.2, -0.15) is 0 Å². The van der Waals surface area contributed by atoms with Gasteiger partial charge in [-0.1, -0.05) is 29.8 Å². The van der Waals surface area contributed by atoms with E-state index in [-0.39, 0.29) is 5.02 Å². The molecule has 2 aromatic rings. The molecular formula is C19H20ClFINO3. The maximum atomic E-state index is 13.9. The van der Waals surface area contributed by atoms with Crippen molar-refractivity contribution < 1.29 is 19.0 Å². The summed E-state index contributed by atoms with van der Waals surface area (Å²) in [4.78, 5) is 12.2. The van der Waals surface area contributed by atoms with Crippen LogP contribution in [0.15, 0.2) is 42.5 Å². The molecule has 140 valence electrons. The first-order chi connectivity index (χ1) is 12.1. The van der Waals surface area contributed by atoms with Crippen molar-refractivity contribution in [1.82, 2.24) is 5.32 Å². The van der Waals surface area contributed by atoms with Crippen molar-refractivity contribution in [2.45, 2.75) is 38.5 Å². The van der Waals surface area contributed by atoms with Gasteiger partial charge in [0.25, 0.3) is 0 Å². The number of nitrogens with one attached hydrogen (secondary N) is 1. The summed E-state index contributed by atoms with van der Waals surface area (Å²) in [6, 6.07) is 10.4. The molecule has 0 aliphatic heterocycles. The summed E-state index contributed by atoms with van der Waals surface area (Å²) in [6.45, 7) is 5.21. The zero-order chi connectivity index (χ0) is 19.5. The normalized spacial score (nSPS) is 13.8. The summed E-state index contributed by atoms with van der Waals surface area (Å²) in [5.74, 6) is -0.630. The van der Waals surface area contributed by atoms with Gasteiger partial charge in [0, 0.05) is 3.57 Å². The van der Waals surface area contributed by atoms with Gasteiger partial charge in [-0.05, 0) is 78.8 Å². The lowest BCUT2D eigenvalue weighted by Gasteiger charge is -2.27. The fourth-order valence-corrected chi connectivity index (χ4v) is 2.81. The van der Waals surface area contributed by atoms with E-state index >= 15 is 0 Å². The smallest absolute Gasteiger partial charge is 0.408 e. The lowest BCUT2D eigenvalue weighted by molar-refractivity contribution is 0.0419. The van der Waals surface area contributed by atoms with E-state index in [2.05, 4.69) is 27.9 Å². The van der Waals surface area contributed by atoms with E-state index in [9.17, 15) is 14.3 Å². The molecule has 0 aliphatic rings. The minimum atomic E-state index is -1.10. The van der Waals surface area contributed by atoms with Gasteiger partial charge in [0.15, 0.2) is 0 Å². The largest absolute Gasteiger partial charge is 0.444 e. The number of halogens is 3. The van der Waals surface area contributed by atoms with Crippen LogP contribution in [0, 0.1) is 9.39 Å². The second-order valence-corrected chi connectivity index (χ2v) is 8.45. The van der Waals surface area contributed by atoms with Gasteiger partial charge in [0.2, 0.25) is 0 Å². The number of alkyl carbamates (subject to hydrolysis) is 1. The zero-order valence-corrected chi connectivity index (χ0v) is 17.5. The van der Waals surface area contributed by atoms with Crippen LogP contribution in [0.4, 0.5) is 9.18 Å². The Labute approximate surface area is 170 Å². The molecule has 1 amide bonds. The molecule has 2 N–H and O–H groups in total. The number of benzene rings is 2. The lowest BCUT2D eigenvalue weighted by atomic mass is 9.96. The molecule has 2 atom stereocenters. The molecular weight excluding hydrogens is 472 g/mol. The van der Waals surface area contributed by atoms with E-state index in [0.717, 1.165) is 3.57 Å². The second-order valence-electron chi connectivity index (χ2n) is 6.79. The summed E-state index contributed by atoms with van der Waals surface area (Å²) >= 11 is 7.90. The van der Waals surface area contributed by atoms with Crippen LogP contribution in [0.1, 0.15) is 44.0 Å². The van der Waals surface area contributed by atoms with Gasteiger partial charge in [0.1, 0.15) is 17.5 Å². The maximum absolute atomic E-state index is 13.9. The Kier molecular flexibility index (Phi) is 6.87. The Bertz CT molecular complexity index is 777. The number of amides is 1. The third-order valence-electron chi connectivity index (χ3n) is 3.50. The summed E-state index contributed by atoms with van der Waals surface area (Å²) < 4.78 is 20.2.